The molecule has 1 heterocycles. The van der Waals surface area contributed by atoms with Crippen LogP contribution < -0.4 is 9.62 Å². The number of rotatable bonds is 5. The minimum absolute atomic E-state index is 0.208. The quantitative estimate of drug-likeness (QED) is 0.622. The molecule has 0 saturated carbocycles. The molecule has 154 valence electrons. The van der Waals surface area contributed by atoms with Crippen molar-refractivity contribution in [2.45, 2.75) is 11.3 Å². The van der Waals surface area contributed by atoms with Crippen LogP contribution in [-0.4, -0.2) is 20.9 Å². The van der Waals surface area contributed by atoms with Gasteiger partial charge in [-0.05, 0) is 60.0 Å². The highest BCUT2D eigenvalue weighted by Crippen LogP contribution is 2.32. The Bertz CT molecular complexity index is 1310. The van der Waals surface area contributed by atoms with Crippen molar-refractivity contribution in [1.29, 1.82) is 5.26 Å². The lowest BCUT2D eigenvalue weighted by Crippen LogP contribution is -2.29. The Morgan fingerprint density at radius 2 is 1.81 bits per heavy atom. The number of amides is 1. The van der Waals surface area contributed by atoms with Crippen LogP contribution in [0.15, 0.2) is 83.8 Å². The van der Waals surface area contributed by atoms with E-state index in [2.05, 4.69) is 5.32 Å². The SMILES string of the molecule is N#Cc1cccc(NC(=O)/C=C/c2ccc(S(=O)(=O)N3CCc4ccccc43)cc2)c1. The van der Waals surface area contributed by atoms with Crippen LogP contribution in [0.1, 0.15) is 16.7 Å². The fourth-order valence-corrected chi connectivity index (χ4v) is 4.96. The second-order valence-corrected chi connectivity index (χ2v) is 8.90. The summed E-state index contributed by atoms with van der Waals surface area (Å²) in [7, 11) is -3.64. The number of nitrogens with one attached hydrogen (secondary N) is 1. The van der Waals surface area contributed by atoms with E-state index in [1.165, 1.54) is 10.4 Å². The number of carbonyl (C=O) groups is 1. The average molecular weight is 430 g/mol. The molecule has 31 heavy (non-hydrogen) atoms. The zero-order chi connectivity index (χ0) is 21.8. The van der Waals surface area contributed by atoms with E-state index in [1.807, 2.05) is 30.3 Å². The lowest BCUT2D eigenvalue weighted by molar-refractivity contribution is -0.111. The minimum Gasteiger partial charge on any atom is -0.322 e. The lowest BCUT2D eigenvalue weighted by Gasteiger charge is -2.19. The van der Waals surface area contributed by atoms with Gasteiger partial charge < -0.3 is 5.32 Å². The summed E-state index contributed by atoms with van der Waals surface area (Å²) in [5, 5.41) is 11.6. The molecule has 1 aliphatic heterocycles. The van der Waals surface area contributed by atoms with Crippen molar-refractivity contribution < 1.29 is 13.2 Å². The Kier molecular flexibility index (Phi) is 5.56. The first-order valence-electron chi connectivity index (χ1n) is 9.67. The lowest BCUT2D eigenvalue weighted by atomic mass is 10.2. The van der Waals surface area contributed by atoms with E-state index in [4.69, 9.17) is 5.26 Å². The van der Waals surface area contributed by atoms with E-state index in [0.29, 0.717) is 29.8 Å². The molecule has 0 saturated heterocycles. The Morgan fingerprint density at radius 3 is 2.58 bits per heavy atom. The number of anilines is 2. The molecule has 0 fully saturated rings. The zero-order valence-corrected chi connectivity index (χ0v) is 17.3. The van der Waals surface area contributed by atoms with E-state index >= 15 is 0 Å². The van der Waals surface area contributed by atoms with Gasteiger partial charge in [0.2, 0.25) is 5.91 Å². The van der Waals surface area contributed by atoms with Gasteiger partial charge in [0.1, 0.15) is 0 Å². The highest BCUT2D eigenvalue weighted by atomic mass is 32.2. The summed E-state index contributed by atoms with van der Waals surface area (Å²) in [5.74, 6) is -0.347. The summed E-state index contributed by atoms with van der Waals surface area (Å²) in [6.45, 7) is 0.427. The minimum atomic E-state index is -3.64. The summed E-state index contributed by atoms with van der Waals surface area (Å²) in [6.07, 6.45) is 3.66. The smallest absolute Gasteiger partial charge is 0.264 e. The first-order valence-corrected chi connectivity index (χ1v) is 11.1. The molecule has 0 radical (unpaired) electrons. The summed E-state index contributed by atoms with van der Waals surface area (Å²) >= 11 is 0. The number of hydrogen-bond donors (Lipinski definition) is 1. The molecule has 0 bridgehead atoms. The summed E-state index contributed by atoms with van der Waals surface area (Å²) < 4.78 is 27.5. The molecular formula is C24H19N3O3S. The molecule has 0 unspecified atom stereocenters. The maximum atomic E-state index is 13.1. The first kappa shape index (κ1) is 20.4. The second kappa shape index (κ2) is 8.46. The number of fused-ring (bicyclic) bond motifs is 1. The van der Waals surface area contributed by atoms with Crippen LogP contribution in [0.4, 0.5) is 11.4 Å². The van der Waals surface area contributed by atoms with Crippen LogP contribution in [-0.2, 0) is 21.2 Å². The third kappa shape index (κ3) is 4.34. The molecule has 0 aromatic heterocycles. The Morgan fingerprint density at radius 1 is 1.03 bits per heavy atom. The van der Waals surface area contributed by atoms with Crippen molar-refractivity contribution in [2.75, 3.05) is 16.2 Å². The van der Waals surface area contributed by atoms with Crippen molar-refractivity contribution in [3.8, 4) is 6.07 Å². The molecule has 1 aliphatic rings. The molecule has 0 spiro atoms. The van der Waals surface area contributed by atoms with Crippen LogP contribution in [0.2, 0.25) is 0 Å². The molecule has 6 nitrogen and oxygen atoms in total. The molecule has 7 heteroatoms. The maximum Gasteiger partial charge on any atom is 0.264 e. The molecule has 1 N–H and O–H groups in total. The Hall–Kier alpha value is -3.89. The van der Waals surface area contributed by atoms with Gasteiger partial charge in [-0.25, -0.2) is 8.42 Å². The van der Waals surface area contributed by atoms with Gasteiger partial charge in [-0.15, -0.1) is 0 Å². The van der Waals surface area contributed by atoms with Crippen molar-refractivity contribution in [3.05, 3.63) is 95.6 Å². The van der Waals surface area contributed by atoms with Gasteiger partial charge in [0.05, 0.1) is 22.2 Å². The zero-order valence-electron chi connectivity index (χ0n) is 16.5. The standard InChI is InChI=1S/C24H19N3O3S/c25-17-19-4-3-6-21(16-19)26-24(28)13-10-18-8-11-22(12-9-18)31(29,30)27-15-14-20-5-1-2-7-23(20)27/h1-13,16H,14-15H2,(H,26,28)/b13-10+. The largest absolute Gasteiger partial charge is 0.322 e. The Labute approximate surface area is 181 Å². The van der Waals surface area contributed by atoms with Gasteiger partial charge in [0.15, 0.2) is 0 Å². The molecular weight excluding hydrogens is 410 g/mol. The molecule has 4 rings (SSSR count). The summed E-state index contributed by atoms with van der Waals surface area (Å²) in [4.78, 5) is 12.3. The topological polar surface area (TPSA) is 90.3 Å². The van der Waals surface area contributed by atoms with Gasteiger partial charge in [-0.3, -0.25) is 9.10 Å². The number of sulfonamides is 1. The number of carbonyl (C=O) groups excluding carboxylic acids is 1. The van der Waals surface area contributed by atoms with E-state index in [0.717, 1.165) is 11.3 Å². The molecule has 0 atom stereocenters. The van der Waals surface area contributed by atoms with Crippen LogP contribution >= 0.6 is 0 Å². The molecule has 3 aromatic carbocycles. The summed E-state index contributed by atoms with van der Waals surface area (Å²) in [5.41, 5.74) is 3.43. The monoisotopic (exact) mass is 429 g/mol. The number of para-hydroxylation sites is 1. The third-order valence-electron chi connectivity index (χ3n) is 5.00. The van der Waals surface area contributed by atoms with Crippen molar-refractivity contribution in [1.82, 2.24) is 0 Å². The fourth-order valence-electron chi connectivity index (χ4n) is 3.46. The number of nitrogens with zero attached hydrogens (tertiary/aromatic N) is 2. The normalized spacial score (nSPS) is 13.1. The molecule has 0 aliphatic carbocycles. The molecule has 1 amide bonds. The van der Waals surface area contributed by atoms with Crippen molar-refractivity contribution >= 4 is 33.4 Å². The summed E-state index contributed by atoms with van der Waals surface area (Å²) in [6, 6.07) is 22.6. The predicted molar refractivity (Wildman–Crippen MR) is 120 cm³/mol. The van der Waals surface area contributed by atoms with E-state index in [1.54, 1.807) is 54.6 Å². The van der Waals surface area contributed by atoms with Crippen LogP contribution in [0.3, 0.4) is 0 Å². The van der Waals surface area contributed by atoms with Crippen molar-refractivity contribution in [2.24, 2.45) is 0 Å². The third-order valence-corrected chi connectivity index (χ3v) is 6.83. The second-order valence-electron chi connectivity index (χ2n) is 7.04. The Balaban J connectivity index is 1.46. The number of hydrogen-bond acceptors (Lipinski definition) is 4. The molecule has 3 aromatic rings. The van der Waals surface area contributed by atoms with Crippen LogP contribution in [0.5, 0.6) is 0 Å². The van der Waals surface area contributed by atoms with Gasteiger partial charge in [0.25, 0.3) is 10.0 Å². The average Bonchev–Trinajstić information content (AvgIpc) is 3.23. The predicted octanol–water partition coefficient (Wildman–Crippen LogP) is 3.96. The van der Waals surface area contributed by atoms with E-state index in [-0.39, 0.29) is 10.8 Å². The fraction of sp³-hybridized carbons (Fsp3) is 0.0833. The highest BCUT2D eigenvalue weighted by molar-refractivity contribution is 7.92. The van der Waals surface area contributed by atoms with Gasteiger partial charge in [0, 0.05) is 18.3 Å². The van der Waals surface area contributed by atoms with Crippen molar-refractivity contribution in [3.63, 3.8) is 0 Å². The highest BCUT2D eigenvalue weighted by Gasteiger charge is 2.30. The van der Waals surface area contributed by atoms with E-state index < -0.39 is 10.0 Å². The van der Waals surface area contributed by atoms with Gasteiger partial charge in [-0.1, -0.05) is 36.4 Å². The van der Waals surface area contributed by atoms with Gasteiger partial charge >= 0.3 is 0 Å². The first-order chi connectivity index (χ1) is 15.0. The van der Waals surface area contributed by atoms with Gasteiger partial charge in [-0.2, -0.15) is 5.26 Å². The maximum absolute atomic E-state index is 13.1. The number of nitriles is 1. The van der Waals surface area contributed by atoms with E-state index in [9.17, 15) is 13.2 Å². The van der Waals surface area contributed by atoms with Crippen LogP contribution in [0.25, 0.3) is 6.08 Å². The number of benzene rings is 3. The van der Waals surface area contributed by atoms with Crippen LogP contribution in [0, 0.1) is 11.3 Å².